The van der Waals surface area contributed by atoms with Crippen LogP contribution >= 0.6 is 0 Å². The largest absolute Gasteiger partial charge is 0.372 e. The molecular formula is C18H19N5O2. The molecule has 1 aromatic carbocycles. The number of hydrogen-bond donors (Lipinski definition) is 2. The fourth-order valence-electron chi connectivity index (χ4n) is 3.01. The molecule has 1 aliphatic heterocycles. The van der Waals surface area contributed by atoms with Gasteiger partial charge in [0.1, 0.15) is 11.6 Å². The van der Waals surface area contributed by atoms with E-state index in [2.05, 4.69) is 39.7 Å². The maximum Gasteiger partial charge on any atom is 0.224 e. The van der Waals surface area contributed by atoms with E-state index >= 15 is 0 Å². The van der Waals surface area contributed by atoms with E-state index < -0.39 is 0 Å². The number of aryl methyl sites for hydroxylation is 3. The van der Waals surface area contributed by atoms with Crippen molar-refractivity contribution < 1.29 is 9.59 Å². The molecule has 4 rings (SSSR count). The van der Waals surface area contributed by atoms with Crippen molar-refractivity contribution in [1.29, 1.82) is 0 Å². The van der Waals surface area contributed by atoms with E-state index in [1.807, 2.05) is 25.1 Å². The van der Waals surface area contributed by atoms with Gasteiger partial charge >= 0.3 is 0 Å². The molecule has 0 unspecified atom stereocenters. The van der Waals surface area contributed by atoms with Crippen LogP contribution in [-0.4, -0.2) is 26.9 Å². The number of nitrogens with zero attached hydrogens (tertiary/aromatic N) is 3. The second-order valence-corrected chi connectivity index (χ2v) is 5.79. The number of amides is 2. The van der Waals surface area contributed by atoms with Gasteiger partial charge in [-0.15, -0.1) is 0 Å². The summed E-state index contributed by atoms with van der Waals surface area (Å²) >= 11 is 0. The van der Waals surface area contributed by atoms with Crippen LogP contribution in [0.2, 0.25) is 0 Å². The summed E-state index contributed by atoms with van der Waals surface area (Å²) in [6.45, 7) is 4.05. The van der Waals surface area contributed by atoms with Crippen molar-refractivity contribution in [2.75, 3.05) is 5.32 Å². The van der Waals surface area contributed by atoms with Gasteiger partial charge in [-0.2, -0.15) is 0 Å². The van der Waals surface area contributed by atoms with Crippen LogP contribution in [0.1, 0.15) is 23.5 Å². The molecule has 3 heterocycles. The monoisotopic (exact) mass is 337 g/mol. The summed E-state index contributed by atoms with van der Waals surface area (Å²) in [7, 11) is 0. The van der Waals surface area contributed by atoms with Gasteiger partial charge in [0.25, 0.3) is 0 Å². The zero-order valence-corrected chi connectivity index (χ0v) is 14.1. The van der Waals surface area contributed by atoms with Crippen LogP contribution in [0.3, 0.4) is 0 Å². The summed E-state index contributed by atoms with van der Waals surface area (Å²) in [5.41, 5.74) is 9.14. The molecule has 128 valence electrons. The first-order valence-electron chi connectivity index (χ1n) is 7.95. The second kappa shape index (κ2) is 6.72. The van der Waals surface area contributed by atoms with Gasteiger partial charge in [0.15, 0.2) is 0 Å². The van der Waals surface area contributed by atoms with E-state index in [-0.39, 0.29) is 12.3 Å². The predicted octanol–water partition coefficient (Wildman–Crippen LogP) is 2.02. The lowest BCUT2D eigenvalue weighted by Crippen LogP contribution is -2.20. The number of benzene rings is 1. The van der Waals surface area contributed by atoms with Crippen LogP contribution < -0.4 is 11.1 Å². The summed E-state index contributed by atoms with van der Waals surface area (Å²) < 4.78 is 2.07. The standard InChI is InChI=1S/C17H16N4O.CH3NO/c1-10-4-3-5-14-17(10)18-11(2)21(14)15-8-6-13-12(19-15)7-9-16(22)20-13;2-1-3/h3-6,8H,7,9H2,1-2H3,(H,20,22);1H,(H2,2,3). The molecule has 0 fully saturated rings. The Morgan fingerprint density at radius 2 is 1.92 bits per heavy atom. The Hall–Kier alpha value is -3.22. The molecule has 0 radical (unpaired) electrons. The highest BCUT2D eigenvalue weighted by atomic mass is 16.1. The number of nitrogens with one attached hydrogen (secondary N) is 1. The van der Waals surface area contributed by atoms with Gasteiger partial charge in [0.05, 0.1) is 22.4 Å². The lowest BCUT2D eigenvalue weighted by Gasteiger charge is -2.17. The number of nitrogens with two attached hydrogens (primary N) is 1. The van der Waals surface area contributed by atoms with Crippen molar-refractivity contribution in [3.05, 3.63) is 47.4 Å². The number of carbonyl (C=O) groups excluding carboxylic acids is 2. The van der Waals surface area contributed by atoms with Crippen molar-refractivity contribution >= 4 is 29.0 Å². The highest BCUT2D eigenvalue weighted by molar-refractivity contribution is 5.93. The molecular weight excluding hydrogens is 318 g/mol. The fourth-order valence-corrected chi connectivity index (χ4v) is 3.01. The number of rotatable bonds is 1. The average molecular weight is 337 g/mol. The quantitative estimate of drug-likeness (QED) is 0.663. The Balaban J connectivity index is 0.000000569. The van der Waals surface area contributed by atoms with Gasteiger partial charge in [-0.3, -0.25) is 14.2 Å². The van der Waals surface area contributed by atoms with Crippen LogP contribution in [0.4, 0.5) is 5.69 Å². The molecule has 3 aromatic rings. The number of imidazole rings is 1. The van der Waals surface area contributed by atoms with Gasteiger partial charge in [-0.05, 0) is 37.6 Å². The molecule has 2 amide bonds. The summed E-state index contributed by atoms with van der Waals surface area (Å²) in [5, 5.41) is 2.87. The molecule has 0 saturated heterocycles. The molecule has 25 heavy (non-hydrogen) atoms. The highest BCUT2D eigenvalue weighted by Gasteiger charge is 2.18. The van der Waals surface area contributed by atoms with E-state index in [4.69, 9.17) is 9.78 Å². The number of pyridine rings is 1. The maximum absolute atomic E-state index is 11.5. The Labute approximate surface area is 144 Å². The van der Waals surface area contributed by atoms with Crippen molar-refractivity contribution in [3.8, 4) is 5.82 Å². The third kappa shape index (κ3) is 3.08. The van der Waals surface area contributed by atoms with Crippen molar-refractivity contribution in [2.24, 2.45) is 5.73 Å². The Kier molecular flexibility index (Phi) is 4.47. The SMILES string of the molecule is Cc1cccc2c1nc(C)n2-c1ccc2c(n1)CCC(=O)N2.NC=O. The van der Waals surface area contributed by atoms with Crippen LogP contribution in [-0.2, 0) is 16.0 Å². The summed E-state index contributed by atoms with van der Waals surface area (Å²) in [4.78, 5) is 29.4. The number of fused-ring (bicyclic) bond motifs is 2. The topological polar surface area (TPSA) is 103 Å². The number of anilines is 1. The molecule has 0 saturated carbocycles. The molecule has 0 spiro atoms. The Morgan fingerprint density at radius 1 is 1.16 bits per heavy atom. The highest BCUT2D eigenvalue weighted by Crippen LogP contribution is 2.26. The number of aromatic nitrogens is 3. The first-order chi connectivity index (χ1) is 12.0. The van der Waals surface area contributed by atoms with Crippen molar-refractivity contribution in [3.63, 3.8) is 0 Å². The van der Waals surface area contributed by atoms with Crippen LogP contribution in [0.5, 0.6) is 0 Å². The zero-order chi connectivity index (χ0) is 18.0. The Bertz CT molecular complexity index is 961. The molecule has 0 bridgehead atoms. The predicted molar refractivity (Wildman–Crippen MR) is 95.5 cm³/mol. The lowest BCUT2D eigenvalue weighted by molar-refractivity contribution is -0.116. The smallest absolute Gasteiger partial charge is 0.224 e. The van der Waals surface area contributed by atoms with Crippen LogP contribution in [0.25, 0.3) is 16.9 Å². The number of para-hydroxylation sites is 1. The molecule has 0 atom stereocenters. The molecule has 7 heteroatoms. The molecule has 3 N–H and O–H groups in total. The number of carbonyl (C=O) groups is 2. The molecule has 7 nitrogen and oxygen atoms in total. The van der Waals surface area contributed by atoms with Gasteiger partial charge in [0, 0.05) is 12.8 Å². The molecule has 2 aromatic heterocycles. The number of primary amides is 1. The summed E-state index contributed by atoms with van der Waals surface area (Å²) in [5.74, 6) is 1.82. The van der Waals surface area contributed by atoms with E-state index in [1.165, 1.54) is 0 Å². The minimum Gasteiger partial charge on any atom is -0.372 e. The maximum atomic E-state index is 11.5. The third-order valence-electron chi connectivity index (χ3n) is 4.11. The van der Waals surface area contributed by atoms with Crippen LogP contribution in [0, 0.1) is 13.8 Å². The first kappa shape index (κ1) is 16.6. The van der Waals surface area contributed by atoms with E-state index in [0.717, 1.165) is 39.6 Å². The van der Waals surface area contributed by atoms with Gasteiger partial charge in [0.2, 0.25) is 12.3 Å². The summed E-state index contributed by atoms with van der Waals surface area (Å²) in [6.07, 6.45) is 1.42. The normalized spacial score (nSPS) is 12.8. The lowest BCUT2D eigenvalue weighted by atomic mass is 10.1. The number of hydrogen-bond acceptors (Lipinski definition) is 4. The van der Waals surface area contributed by atoms with Gasteiger partial charge in [-0.1, -0.05) is 12.1 Å². The van der Waals surface area contributed by atoms with Crippen molar-refractivity contribution in [1.82, 2.24) is 14.5 Å². The summed E-state index contributed by atoms with van der Waals surface area (Å²) in [6, 6.07) is 10.0. The Morgan fingerprint density at radius 3 is 2.68 bits per heavy atom. The zero-order valence-electron chi connectivity index (χ0n) is 14.1. The van der Waals surface area contributed by atoms with Gasteiger partial charge in [-0.25, -0.2) is 9.97 Å². The third-order valence-corrected chi connectivity index (χ3v) is 4.11. The first-order valence-corrected chi connectivity index (χ1v) is 7.95. The second-order valence-electron chi connectivity index (χ2n) is 5.79. The van der Waals surface area contributed by atoms with E-state index in [0.29, 0.717) is 12.8 Å². The van der Waals surface area contributed by atoms with Crippen LogP contribution in [0.15, 0.2) is 30.3 Å². The van der Waals surface area contributed by atoms with E-state index in [9.17, 15) is 4.79 Å². The fraction of sp³-hybridized carbons (Fsp3) is 0.222. The van der Waals surface area contributed by atoms with Gasteiger partial charge < -0.3 is 11.1 Å². The molecule has 0 aliphatic carbocycles. The molecule has 1 aliphatic rings. The minimum absolute atomic E-state index is 0.0573. The average Bonchev–Trinajstić information content (AvgIpc) is 2.93. The van der Waals surface area contributed by atoms with E-state index in [1.54, 1.807) is 0 Å². The minimum atomic E-state index is 0.0573. The van der Waals surface area contributed by atoms with Crippen molar-refractivity contribution in [2.45, 2.75) is 26.7 Å².